The Labute approximate surface area is 165 Å². The predicted molar refractivity (Wildman–Crippen MR) is 105 cm³/mol. The van der Waals surface area contributed by atoms with Gasteiger partial charge in [0.2, 0.25) is 5.91 Å². The molecule has 2 aromatic carbocycles. The van der Waals surface area contributed by atoms with Crippen molar-refractivity contribution in [3.8, 4) is 23.3 Å². The molecule has 0 aliphatic carbocycles. The Morgan fingerprint density at radius 2 is 1.96 bits per heavy atom. The molecule has 0 N–H and O–H groups in total. The lowest BCUT2D eigenvalue weighted by molar-refractivity contribution is -0.132. The summed E-state index contributed by atoms with van der Waals surface area (Å²) in [5.74, 6) is 2.04. The number of nitrogens with zero attached hydrogens (tertiary/aromatic N) is 2. The van der Waals surface area contributed by atoms with Gasteiger partial charge in [0, 0.05) is 25.6 Å². The summed E-state index contributed by atoms with van der Waals surface area (Å²) in [5, 5.41) is 8.94. The molecule has 0 aromatic heterocycles. The molecule has 0 bridgehead atoms. The summed E-state index contributed by atoms with van der Waals surface area (Å²) in [6.07, 6.45) is 1.91. The van der Waals surface area contributed by atoms with Crippen LogP contribution in [0.1, 0.15) is 29.5 Å². The first-order valence-electron chi connectivity index (χ1n) is 9.29. The van der Waals surface area contributed by atoms with Crippen LogP contribution in [0.5, 0.6) is 17.2 Å². The van der Waals surface area contributed by atoms with Crippen LogP contribution in [0, 0.1) is 11.3 Å². The van der Waals surface area contributed by atoms with Gasteiger partial charge < -0.3 is 19.1 Å². The molecule has 0 fully saturated rings. The molecule has 1 aliphatic heterocycles. The van der Waals surface area contributed by atoms with E-state index in [1.807, 2.05) is 17.0 Å². The van der Waals surface area contributed by atoms with Gasteiger partial charge in [0.25, 0.3) is 0 Å². The van der Waals surface area contributed by atoms with Crippen LogP contribution in [0.2, 0.25) is 0 Å². The predicted octanol–water partition coefficient (Wildman–Crippen LogP) is 3.32. The SMILES string of the molecule is COc1ccc2c(c1)CN(C(=O)CCCOc1ccc(C#N)cc1OC)CC2. The molecule has 0 saturated heterocycles. The molecule has 0 atom stereocenters. The third-order valence-electron chi connectivity index (χ3n) is 4.86. The zero-order valence-electron chi connectivity index (χ0n) is 16.2. The van der Waals surface area contributed by atoms with Crippen molar-refractivity contribution in [2.24, 2.45) is 0 Å². The molecule has 0 unspecified atom stereocenters. The molecule has 0 saturated carbocycles. The van der Waals surface area contributed by atoms with Crippen LogP contribution < -0.4 is 14.2 Å². The first-order valence-corrected chi connectivity index (χ1v) is 9.29. The third kappa shape index (κ3) is 4.55. The van der Waals surface area contributed by atoms with E-state index in [0.717, 1.165) is 24.3 Å². The minimum absolute atomic E-state index is 0.129. The number of hydrogen-bond acceptors (Lipinski definition) is 5. The fourth-order valence-corrected chi connectivity index (χ4v) is 3.29. The summed E-state index contributed by atoms with van der Waals surface area (Å²) < 4.78 is 16.3. The van der Waals surface area contributed by atoms with E-state index in [9.17, 15) is 4.79 Å². The van der Waals surface area contributed by atoms with Crippen molar-refractivity contribution < 1.29 is 19.0 Å². The topological polar surface area (TPSA) is 71.8 Å². The summed E-state index contributed by atoms with van der Waals surface area (Å²) in [4.78, 5) is 14.5. The number of rotatable bonds is 7. The van der Waals surface area contributed by atoms with Crippen LogP contribution in [0.3, 0.4) is 0 Å². The minimum atomic E-state index is 0.129. The van der Waals surface area contributed by atoms with Crippen molar-refractivity contribution in [1.82, 2.24) is 4.90 Å². The molecule has 2 aromatic rings. The van der Waals surface area contributed by atoms with Crippen molar-refractivity contribution >= 4 is 5.91 Å². The smallest absolute Gasteiger partial charge is 0.223 e. The van der Waals surface area contributed by atoms with Crippen LogP contribution in [0.15, 0.2) is 36.4 Å². The van der Waals surface area contributed by atoms with Crippen LogP contribution in [-0.2, 0) is 17.8 Å². The zero-order chi connectivity index (χ0) is 19.9. The van der Waals surface area contributed by atoms with Crippen molar-refractivity contribution in [3.63, 3.8) is 0 Å². The van der Waals surface area contributed by atoms with E-state index in [2.05, 4.69) is 12.1 Å². The lowest BCUT2D eigenvalue weighted by atomic mass is 9.99. The summed E-state index contributed by atoms with van der Waals surface area (Å²) in [5.41, 5.74) is 2.94. The molecule has 28 heavy (non-hydrogen) atoms. The Bertz CT molecular complexity index is 889. The molecule has 1 aliphatic rings. The van der Waals surface area contributed by atoms with E-state index < -0.39 is 0 Å². The van der Waals surface area contributed by atoms with Crippen molar-refractivity contribution in [2.75, 3.05) is 27.4 Å². The average Bonchev–Trinajstić information content (AvgIpc) is 2.75. The molecule has 0 radical (unpaired) electrons. The summed E-state index contributed by atoms with van der Waals surface area (Å²) in [6.45, 7) is 1.77. The van der Waals surface area contributed by atoms with Crippen molar-refractivity contribution in [2.45, 2.75) is 25.8 Å². The Hall–Kier alpha value is -3.20. The molecule has 1 amide bonds. The van der Waals surface area contributed by atoms with Gasteiger partial charge in [-0.2, -0.15) is 5.26 Å². The van der Waals surface area contributed by atoms with Gasteiger partial charge >= 0.3 is 0 Å². The number of hydrogen-bond donors (Lipinski definition) is 0. The average molecular weight is 380 g/mol. The van der Waals surface area contributed by atoms with E-state index in [4.69, 9.17) is 19.5 Å². The van der Waals surface area contributed by atoms with Crippen LogP contribution in [0.4, 0.5) is 0 Å². The number of carbonyl (C=O) groups is 1. The highest BCUT2D eigenvalue weighted by molar-refractivity contribution is 5.76. The normalized spacial score (nSPS) is 12.7. The van der Waals surface area contributed by atoms with Gasteiger partial charge in [0.15, 0.2) is 11.5 Å². The van der Waals surface area contributed by atoms with Crippen LogP contribution in [0.25, 0.3) is 0 Å². The Morgan fingerprint density at radius 3 is 2.71 bits per heavy atom. The van der Waals surface area contributed by atoms with Gasteiger partial charge in [-0.25, -0.2) is 0 Å². The number of nitriles is 1. The maximum Gasteiger partial charge on any atom is 0.223 e. The molecule has 6 nitrogen and oxygen atoms in total. The number of methoxy groups -OCH3 is 2. The standard InChI is InChI=1S/C22H24N2O4/c1-26-19-7-6-17-9-10-24(15-18(17)13-19)22(25)4-3-11-28-20-8-5-16(14-23)12-21(20)27-2/h5-8,12-13H,3-4,9-11,15H2,1-2H3. The van der Waals surface area contributed by atoms with E-state index in [1.165, 1.54) is 12.7 Å². The van der Waals surface area contributed by atoms with Crippen molar-refractivity contribution in [1.29, 1.82) is 5.26 Å². The van der Waals surface area contributed by atoms with E-state index in [-0.39, 0.29) is 5.91 Å². The highest BCUT2D eigenvalue weighted by atomic mass is 16.5. The second-order valence-corrected chi connectivity index (χ2v) is 6.63. The van der Waals surface area contributed by atoms with E-state index in [1.54, 1.807) is 25.3 Å². The zero-order valence-corrected chi connectivity index (χ0v) is 16.2. The summed E-state index contributed by atoms with van der Waals surface area (Å²) in [6, 6.07) is 13.2. The number of amides is 1. The number of benzene rings is 2. The number of ether oxygens (including phenoxy) is 3. The molecular weight excluding hydrogens is 356 g/mol. The van der Waals surface area contributed by atoms with E-state index in [0.29, 0.717) is 43.1 Å². The Morgan fingerprint density at radius 1 is 1.11 bits per heavy atom. The van der Waals surface area contributed by atoms with Gasteiger partial charge in [-0.3, -0.25) is 4.79 Å². The Kier molecular flexibility index (Phi) is 6.38. The van der Waals surface area contributed by atoms with Crippen molar-refractivity contribution in [3.05, 3.63) is 53.1 Å². The highest BCUT2D eigenvalue weighted by Crippen LogP contribution is 2.28. The fourth-order valence-electron chi connectivity index (χ4n) is 3.29. The first kappa shape index (κ1) is 19.6. The van der Waals surface area contributed by atoms with Gasteiger partial charge in [-0.15, -0.1) is 0 Å². The molecule has 146 valence electrons. The van der Waals surface area contributed by atoms with Crippen LogP contribution >= 0.6 is 0 Å². The maximum atomic E-state index is 12.6. The van der Waals surface area contributed by atoms with Gasteiger partial charge in [0.05, 0.1) is 32.5 Å². The molecule has 0 spiro atoms. The quantitative estimate of drug-likeness (QED) is 0.689. The lowest BCUT2D eigenvalue weighted by Gasteiger charge is -2.29. The molecule has 1 heterocycles. The molecule has 6 heteroatoms. The molecule has 3 rings (SSSR count). The maximum absolute atomic E-state index is 12.6. The van der Waals surface area contributed by atoms with Gasteiger partial charge in [0.1, 0.15) is 5.75 Å². The minimum Gasteiger partial charge on any atom is -0.497 e. The van der Waals surface area contributed by atoms with Gasteiger partial charge in [-0.05, 0) is 48.2 Å². The van der Waals surface area contributed by atoms with Gasteiger partial charge in [-0.1, -0.05) is 6.07 Å². The lowest BCUT2D eigenvalue weighted by Crippen LogP contribution is -2.36. The number of fused-ring (bicyclic) bond motifs is 1. The highest BCUT2D eigenvalue weighted by Gasteiger charge is 2.20. The molecular formula is C22H24N2O4. The number of carbonyl (C=O) groups excluding carboxylic acids is 1. The first-order chi connectivity index (χ1) is 13.6. The second-order valence-electron chi connectivity index (χ2n) is 6.63. The summed E-state index contributed by atoms with van der Waals surface area (Å²) in [7, 11) is 3.19. The van der Waals surface area contributed by atoms with Crippen LogP contribution in [-0.4, -0.2) is 38.2 Å². The second kappa shape index (κ2) is 9.14. The summed E-state index contributed by atoms with van der Waals surface area (Å²) >= 11 is 0. The third-order valence-corrected chi connectivity index (χ3v) is 4.86. The van der Waals surface area contributed by atoms with E-state index >= 15 is 0 Å². The largest absolute Gasteiger partial charge is 0.497 e. The monoisotopic (exact) mass is 380 g/mol. The Balaban J connectivity index is 1.49. The fraction of sp³-hybridized carbons (Fsp3) is 0.364.